The molecule has 6 nitrogen and oxygen atoms in total. The molecule has 3 atom stereocenters. The monoisotopic (exact) mass is 394 g/mol. The summed E-state index contributed by atoms with van der Waals surface area (Å²) in [5, 5.41) is 12.4. The Kier molecular flexibility index (Phi) is 6.65. The number of rotatable bonds is 6. The second-order valence-corrected chi connectivity index (χ2v) is 7.42. The molecule has 2 amide bonds. The molecule has 2 N–H and O–H groups in total. The number of aliphatic carboxylic acids is 1. The summed E-state index contributed by atoms with van der Waals surface area (Å²) in [5.41, 5.74) is 1.36. The Morgan fingerprint density at radius 3 is 2.31 bits per heavy atom. The molecule has 0 spiro atoms. The first kappa shape index (κ1) is 20.6. The predicted molar refractivity (Wildman–Crippen MR) is 109 cm³/mol. The van der Waals surface area contributed by atoms with Crippen LogP contribution in [0.1, 0.15) is 48.1 Å². The van der Waals surface area contributed by atoms with Crippen LogP contribution in [0.3, 0.4) is 0 Å². The molecule has 1 aliphatic heterocycles. The van der Waals surface area contributed by atoms with E-state index in [2.05, 4.69) is 5.32 Å². The van der Waals surface area contributed by atoms with Crippen LogP contribution < -0.4 is 5.32 Å². The molecule has 0 aromatic heterocycles. The van der Waals surface area contributed by atoms with Gasteiger partial charge in [0, 0.05) is 18.2 Å². The first-order valence-corrected chi connectivity index (χ1v) is 9.90. The van der Waals surface area contributed by atoms with Crippen molar-refractivity contribution in [2.75, 3.05) is 6.54 Å². The third-order valence-corrected chi connectivity index (χ3v) is 5.55. The van der Waals surface area contributed by atoms with Crippen LogP contribution in [0.15, 0.2) is 60.7 Å². The van der Waals surface area contributed by atoms with E-state index in [1.807, 2.05) is 36.4 Å². The number of hydrogen-bond donors (Lipinski definition) is 2. The Bertz CT molecular complexity index is 854. The Balaban J connectivity index is 1.77. The second kappa shape index (κ2) is 9.37. The Hall–Kier alpha value is -3.15. The van der Waals surface area contributed by atoms with Crippen molar-refractivity contribution < 1.29 is 19.5 Å². The quantitative estimate of drug-likeness (QED) is 0.787. The molecule has 0 aliphatic carbocycles. The third-order valence-electron chi connectivity index (χ3n) is 5.55. The van der Waals surface area contributed by atoms with E-state index < -0.39 is 17.9 Å². The topological polar surface area (TPSA) is 86.7 Å². The van der Waals surface area contributed by atoms with Crippen LogP contribution in [0.2, 0.25) is 0 Å². The van der Waals surface area contributed by atoms with E-state index in [4.69, 9.17) is 0 Å². The summed E-state index contributed by atoms with van der Waals surface area (Å²) in [7, 11) is 0. The fraction of sp³-hybridized carbons (Fsp3) is 0.348. The van der Waals surface area contributed by atoms with Gasteiger partial charge in [0.2, 0.25) is 5.91 Å². The molecule has 6 heteroatoms. The molecular formula is C23H26N2O4. The van der Waals surface area contributed by atoms with Gasteiger partial charge in [0.25, 0.3) is 5.91 Å². The van der Waals surface area contributed by atoms with E-state index in [1.54, 1.807) is 36.1 Å². The largest absolute Gasteiger partial charge is 0.481 e. The van der Waals surface area contributed by atoms with Crippen molar-refractivity contribution in [1.82, 2.24) is 10.2 Å². The SMILES string of the molecule is C[C@@H]1[C@H](C(=O)O)CCCN1C(=O)CC(NC(=O)c1ccccc1)c1ccccc1. The lowest BCUT2D eigenvalue weighted by Gasteiger charge is -2.38. The summed E-state index contributed by atoms with van der Waals surface area (Å²) in [5.74, 6) is -1.82. The molecular weight excluding hydrogens is 368 g/mol. The lowest BCUT2D eigenvalue weighted by atomic mass is 9.89. The van der Waals surface area contributed by atoms with E-state index in [1.165, 1.54) is 0 Å². The van der Waals surface area contributed by atoms with E-state index in [0.29, 0.717) is 24.9 Å². The minimum Gasteiger partial charge on any atom is -0.481 e. The number of carboxylic acid groups (broad SMARTS) is 1. The molecule has 1 aliphatic rings. The highest BCUT2D eigenvalue weighted by molar-refractivity contribution is 5.94. The minimum absolute atomic E-state index is 0.0826. The van der Waals surface area contributed by atoms with Crippen molar-refractivity contribution in [3.8, 4) is 0 Å². The number of benzene rings is 2. The first-order chi connectivity index (χ1) is 14.0. The van der Waals surface area contributed by atoms with Gasteiger partial charge in [-0.2, -0.15) is 0 Å². The van der Waals surface area contributed by atoms with E-state index in [-0.39, 0.29) is 24.3 Å². The number of likely N-dealkylation sites (tertiary alicyclic amines) is 1. The smallest absolute Gasteiger partial charge is 0.308 e. The van der Waals surface area contributed by atoms with Crippen LogP contribution >= 0.6 is 0 Å². The van der Waals surface area contributed by atoms with Gasteiger partial charge in [-0.15, -0.1) is 0 Å². The maximum Gasteiger partial charge on any atom is 0.308 e. The predicted octanol–water partition coefficient (Wildman–Crippen LogP) is 3.26. The molecule has 2 aromatic rings. The Labute approximate surface area is 170 Å². The van der Waals surface area contributed by atoms with Crippen LogP contribution in [-0.4, -0.2) is 40.4 Å². The lowest BCUT2D eigenvalue weighted by Crippen LogP contribution is -2.50. The average Bonchev–Trinajstić information content (AvgIpc) is 2.74. The highest BCUT2D eigenvalue weighted by atomic mass is 16.4. The van der Waals surface area contributed by atoms with Crippen molar-refractivity contribution in [2.45, 2.75) is 38.3 Å². The fourth-order valence-electron chi connectivity index (χ4n) is 3.89. The van der Waals surface area contributed by atoms with Crippen LogP contribution in [0.4, 0.5) is 0 Å². The lowest BCUT2D eigenvalue weighted by molar-refractivity contribution is -0.149. The standard InChI is InChI=1S/C23H26N2O4/c1-16-19(23(28)29)13-8-14-25(16)21(26)15-20(17-9-4-2-5-10-17)24-22(27)18-11-6-3-7-12-18/h2-7,9-12,16,19-20H,8,13-15H2,1H3,(H,24,27)(H,28,29)/t16-,19-,20?/m1/s1. The van der Waals surface area contributed by atoms with Crippen LogP contribution in [0.25, 0.3) is 0 Å². The number of carbonyl (C=O) groups is 3. The highest BCUT2D eigenvalue weighted by Crippen LogP contribution is 2.26. The molecule has 1 unspecified atom stereocenters. The minimum atomic E-state index is -0.869. The average molecular weight is 394 g/mol. The second-order valence-electron chi connectivity index (χ2n) is 7.42. The van der Waals surface area contributed by atoms with Gasteiger partial charge in [0.1, 0.15) is 0 Å². The summed E-state index contributed by atoms with van der Waals surface area (Å²) < 4.78 is 0. The van der Waals surface area contributed by atoms with Crippen LogP contribution in [0, 0.1) is 5.92 Å². The molecule has 0 radical (unpaired) electrons. The van der Waals surface area contributed by atoms with Crippen LogP contribution in [-0.2, 0) is 9.59 Å². The summed E-state index contributed by atoms with van der Waals surface area (Å²) >= 11 is 0. The molecule has 29 heavy (non-hydrogen) atoms. The number of amides is 2. The molecule has 0 saturated carbocycles. The highest BCUT2D eigenvalue weighted by Gasteiger charge is 2.36. The number of carboxylic acids is 1. The van der Waals surface area contributed by atoms with Crippen molar-refractivity contribution >= 4 is 17.8 Å². The van der Waals surface area contributed by atoms with Gasteiger partial charge in [-0.3, -0.25) is 14.4 Å². The van der Waals surface area contributed by atoms with Gasteiger partial charge in [-0.1, -0.05) is 48.5 Å². The van der Waals surface area contributed by atoms with E-state index in [0.717, 1.165) is 5.56 Å². The number of hydrogen-bond acceptors (Lipinski definition) is 3. The first-order valence-electron chi connectivity index (χ1n) is 9.90. The molecule has 0 bridgehead atoms. The fourth-order valence-corrected chi connectivity index (χ4v) is 3.89. The van der Waals surface area contributed by atoms with E-state index >= 15 is 0 Å². The Morgan fingerprint density at radius 2 is 1.69 bits per heavy atom. The number of nitrogens with zero attached hydrogens (tertiary/aromatic N) is 1. The zero-order chi connectivity index (χ0) is 20.8. The van der Waals surface area contributed by atoms with Gasteiger partial charge in [-0.05, 0) is 37.5 Å². The number of nitrogens with one attached hydrogen (secondary N) is 1. The van der Waals surface area contributed by atoms with Crippen molar-refractivity contribution in [1.29, 1.82) is 0 Å². The number of carbonyl (C=O) groups excluding carboxylic acids is 2. The van der Waals surface area contributed by atoms with Gasteiger partial charge < -0.3 is 15.3 Å². The van der Waals surface area contributed by atoms with Gasteiger partial charge in [0.15, 0.2) is 0 Å². The summed E-state index contributed by atoms with van der Waals surface area (Å²) in [4.78, 5) is 38.9. The molecule has 2 aromatic carbocycles. The van der Waals surface area contributed by atoms with Crippen molar-refractivity contribution in [2.24, 2.45) is 5.92 Å². The Morgan fingerprint density at radius 1 is 1.07 bits per heavy atom. The molecule has 3 rings (SSSR count). The van der Waals surface area contributed by atoms with Crippen molar-refractivity contribution in [3.63, 3.8) is 0 Å². The maximum absolute atomic E-state index is 13.1. The normalized spacial score (nSPS) is 20.0. The zero-order valence-electron chi connectivity index (χ0n) is 16.5. The zero-order valence-corrected chi connectivity index (χ0v) is 16.5. The molecule has 1 saturated heterocycles. The van der Waals surface area contributed by atoms with E-state index in [9.17, 15) is 19.5 Å². The maximum atomic E-state index is 13.1. The molecule has 152 valence electrons. The summed E-state index contributed by atoms with van der Waals surface area (Å²) in [6.07, 6.45) is 1.33. The third kappa shape index (κ3) is 5.02. The number of piperidine rings is 1. The molecule has 1 heterocycles. The summed E-state index contributed by atoms with van der Waals surface area (Å²) in [6, 6.07) is 17.4. The van der Waals surface area contributed by atoms with Gasteiger partial charge in [-0.25, -0.2) is 0 Å². The van der Waals surface area contributed by atoms with Crippen LogP contribution in [0.5, 0.6) is 0 Å². The van der Waals surface area contributed by atoms with Crippen molar-refractivity contribution in [3.05, 3.63) is 71.8 Å². The summed E-state index contributed by atoms with van der Waals surface area (Å²) in [6.45, 7) is 2.33. The van der Waals surface area contributed by atoms with Gasteiger partial charge >= 0.3 is 5.97 Å². The van der Waals surface area contributed by atoms with Gasteiger partial charge in [0.05, 0.1) is 18.4 Å². The molecule has 1 fully saturated rings.